The summed E-state index contributed by atoms with van der Waals surface area (Å²) < 4.78 is 0. The standard InChI is InChI=1S/C13H22N4/c1-10(2)16-5-7-17(8-6-16)13-14-9-11(3)12(4)15-13/h9-10H,5-8H2,1-4H3. The van der Waals surface area contributed by atoms with Crippen molar-refractivity contribution in [3.8, 4) is 0 Å². The van der Waals surface area contributed by atoms with E-state index in [1.54, 1.807) is 0 Å². The molecular weight excluding hydrogens is 212 g/mol. The van der Waals surface area contributed by atoms with E-state index in [4.69, 9.17) is 0 Å². The van der Waals surface area contributed by atoms with Gasteiger partial charge in [-0.15, -0.1) is 0 Å². The molecular formula is C13H22N4. The largest absolute Gasteiger partial charge is 0.338 e. The fourth-order valence-electron chi connectivity index (χ4n) is 2.11. The summed E-state index contributed by atoms with van der Waals surface area (Å²) in [6.45, 7) is 12.9. The number of nitrogens with zero attached hydrogens (tertiary/aromatic N) is 4. The minimum absolute atomic E-state index is 0.637. The third kappa shape index (κ3) is 2.75. The van der Waals surface area contributed by atoms with Gasteiger partial charge in [0.1, 0.15) is 0 Å². The summed E-state index contributed by atoms with van der Waals surface area (Å²) in [5.41, 5.74) is 2.25. The Kier molecular flexibility index (Phi) is 3.62. The van der Waals surface area contributed by atoms with Gasteiger partial charge in [-0.3, -0.25) is 4.90 Å². The fourth-order valence-corrected chi connectivity index (χ4v) is 2.11. The lowest BCUT2D eigenvalue weighted by atomic mass is 10.2. The van der Waals surface area contributed by atoms with Crippen molar-refractivity contribution in [2.24, 2.45) is 0 Å². The number of hydrogen-bond acceptors (Lipinski definition) is 4. The first-order valence-corrected chi connectivity index (χ1v) is 6.37. The molecule has 0 radical (unpaired) electrons. The van der Waals surface area contributed by atoms with Gasteiger partial charge in [0.15, 0.2) is 0 Å². The van der Waals surface area contributed by atoms with Crippen LogP contribution in [0.25, 0.3) is 0 Å². The molecule has 2 rings (SSSR count). The Morgan fingerprint density at radius 1 is 1.12 bits per heavy atom. The molecule has 0 amide bonds. The van der Waals surface area contributed by atoms with E-state index in [0.717, 1.165) is 43.4 Å². The van der Waals surface area contributed by atoms with Gasteiger partial charge in [0.2, 0.25) is 5.95 Å². The van der Waals surface area contributed by atoms with E-state index in [0.29, 0.717) is 6.04 Å². The van der Waals surface area contributed by atoms with E-state index in [2.05, 4.69) is 40.5 Å². The van der Waals surface area contributed by atoms with Crippen LogP contribution >= 0.6 is 0 Å². The number of anilines is 1. The van der Waals surface area contributed by atoms with E-state index in [9.17, 15) is 0 Å². The van der Waals surface area contributed by atoms with Crippen LogP contribution in [0.5, 0.6) is 0 Å². The molecule has 0 saturated carbocycles. The molecule has 4 nitrogen and oxygen atoms in total. The monoisotopic (exact) mass is 234 g/mol. The van der Waals surface area contributed by atoms with Gasteiger partial charge in [0, 0.05) is 44.1 Å². The molecule has 94 valence electrons. The lowest BCUT2D eigenvalue weighted by Gasteiger charge is -2.36. The highest BCUT2D eigenvalue weighted by Crippen LogP contribution is 2.14. The fraction of sp³-hybridized carbons (Fsp3) is 0.692. The summed E-state index contributed by atoms with van der Waals surface area (Å²) in [6.07, 6.45) is 1.92. The average Bonchev–Trinajstić information content (AvgIpc) is 2.33. The Labute approximate surface area is 104 Å². The topological polar surface area (TPSA) is 32.3 Å². The zero-order chi connectivity index (χ0) is 12.4. The van der Waals surface area contributed by atoms with Crippen LogP contribution in [0.4, 0.5) is 5.95 Å². The maximum Gasteiger partial charge on any atom is 0.225 e. The Balaban J connectivity index is 2.03. The summed E-state index contributed by atoms with van der Waals surface area (Å²) in [7, 11) is 0. The van der Waals surface area contributed by atoms with E-state index < -0.39 is 0 Å². The van der Waals surface area contributed by atoms with Crippen LogP contribution < -0.4 is 4.90 Å². The van der Waals surface area contributed by atoms with Crippen LogP contribution in [0, 0.1) is 13.8 Å². The second-order valence-corrected chi connectivity index (χ2v) is 5.06. The van der Waals surface area contributed by atoms with Gasteiger partial charge >= 0.3 is 0 Å². The Bertz CT molecular complexity index is 381. The van der Waals surface area contributed by atoms with Crippen molar-refractivity contribution in [3.05, 3.63) is 17.5 Å². The van der Waals surface area contributed by atoms with Crippen LogP contribution in [0.15, 0.2) is 6.20 Å². The van der Waals surface area contributed by atoms with Crippen molar-refractivity contribution >= 4 is 5.95 Å². The van der Waals surface area contributed by atoms with Gasteiger partial charge in [-0.2, -0.15) is 0 Å². The SMILES string of the molecule is Cc1cnc(N2CCN(C(C)C)CC2)nc1C. The van der Waals surface area contributed by atoms with Crippen LogP contribution in [-0.4, -0.2) is 47.1 Å². The number of hydrogen-bond donors (Lipinski definition) is 0. The highest BCUT2D eigenvalue weighted by Gasteiger charge is 2.20. The van der Waals surface area contributed by atoms with Gasteiger partial charge in [-0.25, -0.2) is 9.97 Å². The second-order valence-electron chi connectivity index (χ2n) is 5.06. The molecule has 1 aromatic rings. The van der Waals surface area contributed by atoms with Crippen molar-refractivity contribution in [2.45, 2.75) is 33.7 Å². The molecule has 0 aromatic carbocycles. The summed E-state index contributed by atoms with van der Waals surface area (Å²) in [4.78, 5) is 13.8. The van der Waals surface area contributed by atoms with Gasteiger partial charge in [-0.05, 0) is 33.3 Å². The highest BCUT2D eigenvalue weighted by atomic mass is 15.3. The van der Waals surface area contributed by atoms with Crippen molar-refractivity contribution in [1.29, 1.82) is 0 Å². The second kappa shape index (κ2) is 5.00. The third-order valence-corrected chi connectivity index (χ3v) is 3.54. The molecule has 0 aliphatic carbocycles. The number of aromatic nitrogens is 2. The quantitative estimate of drug-likeness (QED) is 0.778. The average molecular weight is 234 g/mol. The Morgan fingerprint density at radius 3 is 2.29 bits per heavy atom. The Hall–Kier alpha value is -1.16. The maximum atomic E-state index is 4.56. The van der Waals surface area contributed by atoms with Crippen molar-refractivity contribution in [1.82, 2.24) is 14.9 Å². The molecule has 1 aliphatic heterocycles. The summed E-state index contributed by atoms with van der Waals surface area (Å²) in [5.74, 6) is 0.886. The predicted molar refractivity (Wildman–Crippen MR) is 70.4 cm³/mol. The minimum Gasteiger partial charge on any atom is -0.338 e. The van der Waals surface area contributed by atoms with E-state index in [1.807, 2.05) is 13.1 Å². The van der Waals surface area contributed by atoms with Crippen LogP contribution in [0.1, 0.15) is 25.1 Å². The molecule has 1 saturated heterocycles. The lowest BCUT2D eigenvalue weighted by Crippen LogP contribution is -2.49. The summed E-state index contributed by atoms with van der Waals surface area (Å²) in [5, 5.41) is 0. The molecule has 0 spiro atoms. The number of piperazine rings is 1. The minimum atomic E-state index is 0.637. The van der Waals surface area contributed by atoms with Gasteiger partial charge in [0.25, 0.3) is 0 Å². The number of aryl methyl sites for hydroxylation is 2. The van der Waals surface area contributed by atoms with Crippen molar-refractivity contribution in [2.75, 3.05) is 31.1 Å². The first-order valence-electron chi connectivity index (χ1n) is 6.37. The van der Waals surface area contributed by atoms with Crippen LogP contribution in [0.3, 0.4) is 0 Å². The summed E-state index contributed by atoms with van der Waals surface area (Å²) in [6, 6.07) is 0.637. The van der Waals surface area contributed by atoms with Crippen molar-refractivity contribution in [3.63, 3.8) is 0 Å². The molecule has 1 aromatic heterocycles. The zero-order valence-electron chi connectivity index (χ0n) is 11.3. The first-order chi connectivity index (χ1) is 8.08. The smallest absolute Gasteiger partial charge is 0.225 e. The van der Waals surface area contributed by atoms with Crippen molar-refractivity contribution < 1.29 is 0 Å². The highest BCUT2D eigenvalue weighted by molar-refractivity contribution is 5.33. The molecule has 0 unspecified atom stereocenters. The molecule has 0 N–H and O–H groups in total. The van der Waals surface area contributed by atoms with Gasteiger partial charge in [-0.1, -0.05) is 0 Å². The van der Waals surface area contributed by atoms with E-state index >= 15 is 0 Å². The van der Waals surface area contributed by atoms with E-state index in [-0.39, 0.29) is 0 Å². The normalized spacial score (nSPS) is 17.8. The molecule has 1 fully saturated rings. The van der Waals surface area contributed by atoms with Crippen LogP contribution in [0.2, 0.25) is 0 Å². The Morgan fingerprint density at radius 2 is 1.76 bits per heavy atom. The molecule has 2 heterocycles. The van der Waals surface area contributed by atoms with Crippen LogP contribution in [-0.2, 0) is 0 Å². The first kappa shape index (κ1) is 12.3. The zero-order valence-corrected chi connectivity index (χ0v) is 11.3. The predicted octanol–water partition coefficient (Wildman–Crippen LogP) is 1.62. The van der Waals surface area contributed by atoms with Gasteiger partial charge in [0.05, 0.1) is 0 Å². The molecule has 1 aliphatic rings. The van der Waals surface area contributed by atoms with E-state index in [1.165, 1.54) is 0 Å². The third-order valence-electron chi connectivity index (χ3n) is 3.54. The summed E-state index contributed by atoms with van der Waals surface area (Å²) >= 11 is 0. The molecule has 17 heavy (non-hydrogen) atoms. The maximum absolute atomic E-state index is 4.56. The lowest BCUT2D eigenvalue weighted by molar-refractivity contribution is 0.208. The van der Waals surface area contributed by atoms with Gasteiger partial charge < -0.3 is 4.90 Å². The number of rotatable bonds is 2. The molecule has 0 atom stereocenters. The molecule has 0 bridgehead atoms. The molecule has 4 heteroatoms.